The maximum atomic E-state index is 6.31. The van der Waals surface area contributed by atoms with Crippen molar-refractivity contribution in [3.05, 3.63) is 47.9 Å². The summed E-state index contributed by atoms with van der Waals surface area (Å²) in [5.41, 5.74) is 0. The second kappa shape index (κ2) is 7.76. The zero-order valence-electron chi connectivity index (χ0n) is 13.6. The maximum absolute atomic E-state index is 6.31. The van der Waals surface area contributed by atoms with E-state index in [1.54, 1.807) is 37.7 Å². The molecule has 128 valence electrons. The lowest BCUT2D eigenvalue weighted by Crippen LogP contribution is -2.03. The van der Waals surface area contributed by atoms with Gasteiger partial charge in [-0.05, 0) is 25.1 Å². The summed E-state index contributed by atoms with van der Waals surface area (Å²) in [6.07, 6.45) is 3.19. The highest BCUT2D eigenvalue weighted by molar-refractivity contribution is 6.31. The molecule has 0 radical (unpaired) electrons. The highest BCUT2D eigenvalue weighted by atomic mass is 35.5. The third kappa shape index (κ3) is 3.77. The van der Waals surface area contributed by atoms with Crippen LogP contribution in [-0.4, -0.2) is 33.7 Å². The van der Waals surface area contributed by atoms with Gasteiger partial charge in [0.15, 0.2) is 22.5 Å². The second-order valence-electron chi connectivity index (χ2n) is 4.73. The molecule has 3 rings (SSSR count). The van der Waals surface area contributed by atoms with Crippen LogP contribution in [0.5, 0.6) is 23.1 Å². The molecular formula is C17H15ClN4O3. The Hall–Kier alpha value is -2.93. The van der Waals surface area contributed by atoms with E-state index in [4.69, 9.17) is 25.8 Å². The molecule has 0 amide bonds. The Labute approximate surface area is 149 Å². The fraction of sp³-hybridized carbons (Fsp3) is 0.176. The van der Waals surface area contributed by atoms with E-state index in [9.17, 15) is 0 Å². The largest absolute Gasteiger partial charge is 0.493 e. The maximum Gasteiger partial charge on any atom is 0.263 e. The molecule has 8 heteroatoms. The molecule has 0 unspecified atom stereocenters. The van der Waals surface area contributed by atoms with Crippen molar-refractivity contribution in [2.24, 2.45) is 0 Å². The number of halogens is 1. The van der Waals surface area contributed by atoms with Crippen LogP contribution in [0.1, 0.15) is 6.92 Å². The van der Waals surface area contributed by atoms with Crippen LogP contribution in [0.25, 0.3) is 11.6 Å². The number of methoxy groups -OCH3 is 1. The molecule has 7 nitrogen and oxygen atoms in total. The first-order chi connectivity index (χ1) is 12.2. The van der Waals surface area contributed by atoms with Gasteiger partial charge in [0.2, 0.25) is 11.6 Å². The third-order valence-corrected chi connectivity index (χ3v) is 3.38. The molecule has 0 aliphatic heterocycles. The Morgan fingerprint density at radius 2 is 1.68 bits per heavy atom. The number of hydrogen-bond acceptors (Lipinski definition) is 7. The van der Waals surface area contributed by atoms with Gasteiger partial charge in [0, 0.05) is 12.4 Å². The predicted molar refractivity (Wildman–Crippen MR) is 92.3 cm³/mol. The zero-order valence-corrected chi connectivity index (χ0v) is 14.4. The number of rotatable bonds is 6. The van der Waals surface area contributed by atoms with Crippen molar-refractivity contribution in [1.29, 1.82) is 0 Å². The molecule has 0 N–H and O–H groups in total. The van der Waals surface area contributed by atoms with Crippen LogP contribution in [0, 0.1) is 0 Å². The molecule has 0 atom stereocenters. The Kier molecular flexibility index (Phi) is 5.25. The van der Waals surface area contributed by atoms with E-state index in [-0.39, 0.29) is 22.6 Å². The van der Waals surface area contributed by atoms with Crippen LogP contribution >= 0.6 is 11.6 Å². The number of hydrogen-bond donors (Lipinski definition) is 0. The number of ether oxygens (including phenoxy) is 3. The predicted octanol–water partition coefficient (Wildman–Crippen LogP) is 3.79. The first-order valence-corrected chi connectivity index (χ1v) is 7.89. The summed E-state index contributed by atoms with van der Waals surface area (Å²) in [4.78, 5) is 16.8. The first kappa shape index (κ1) is 16.9. The van der Waals surface area contributed by atoms with Gasteiger partial charge in [-0.3, -0.25) is 0 Å². The van der Waals surface area contributed by atoms with Crippen LogP contribution in [0.3, 0.4) is 0 Å². The minimum absolute atomic E-state index is 0.0896. The van der Waals surface area contributed by atoms with Gasteiger partial charge in [-0.15, -0.1) is 0 Å². The Morgan fingerprint density at radius 1 is 0.960 bits per heavy atom. The second-order valence-corrected chi connectivity index (χ2v) is 5.09. The Bertz CT molecular complexity index is 862. The Balaban J connectivity index is 2.04. The molecule has 2 heterocycles. The van der Waals surface area contributed by atoms with Crippen molar-refractivity contribution in [3.63, 3.8) is 0 Å². The van der Waals surface area contributed by atoms with Crippen molar-refractivity contribution in [3.8, 4) is 34.8 Å². The van der Waals surface area contributed by atoms with Crippen LogP contribution in [0.2, 0.25) is 5.15 Å². The molecule has 25 heavy (non-hydrogen) atoms. The molecule has 0 aliphatic rings. The average Bonchev–Trinajstić information content (AvgIpc) is 2.65. The summed E-state index contributed by atoms with van der Waals surface area (Å²) in [5.74, 6) is 2.02. The summed E-state index contributed by atoms with van der Waals surface area (Å²) in [7, 11) is 1.56. The molecule has 1 aromatic carbocycles. The summed E-state index contributed by atoms with van der Waals surface area (Å²) in [5, 5.41) is 0.0896. The van der Waals surface area contributed by atoms with Crippen molar-refractivity contribution in [1.82, 2.24) is 19.9 Å². The van der Waals surface area contributed by atoms with Gasteiger partial charge in [-0.2, -0.15) is 4.98 Å². The summed E-state index contributed by atoms with van der Waals surface area (Å²) in [6.45, 7) is 2.21. The van der Waals surface area contributed by atoms with Crippen LogP contribution < -0.4 is 14.2 Å². The first-order valence-electron chi connectivity index (χ1n) is 7.51. The quantitative estimate of drug-likeness (QED) is 0.620. The molecule has 0 spiro atoms. The van der Waals surface area contributed by atoms with Crippen molar-refractivity contribution in [2.75, 3.05) is 13.7 Å². The van der Waals surface area contributed by atoms with Gasteiger partial charge in [0.25, 0.3) is 5.88 Å². The van der Waals surface area contributed by atoms with Crippen LogP contribution in [0.4, 0.5) is 0 Å². The van der Waals surface area contributed by atoms with Gasteiger partial charge in [-0.1, -0.05) is 23.7 Å². The minimum Gasteiger partial charge on any atom is -0.493 e. The normalized spacial score (nSPS) is 10.4. The molecule has 0 aliphatic carbocycles. The number of para-hydroxylation sites is 2. The van der Waals surface area contributed by atoms with E-state index in [1.165, 1.54) is 0 Å². The van der Waals surface area contributed by atoms with Gasteiger partial charge in [0.1, 0.15) is 0 Å². The van der Waals surface area contributed by atoms with Crippen molar-refractivity contribution >= 4 is 11.6 Å². The number of aromatic nitrogens is 4. The van der Waals surface area contributed by atoms with Crippen LogP contribution in [0.15, 0.2) is 42.7 Å². The van der Waals surface area contributed by atoms with E-state index in [2.05, 4.69) is 19.9 Å². The van der Waals surface area contributed by atoms with Crippen molar-refractivity contribution in [2.45, 2.75) is 6.92 Å². The number of nitrogens with zero attached hydrogens (tertiary/aromatic N) is 4. The molecule has 3 aromatic rings. The van der Waals surface area contributed by atoms with E-state index in [0.717, 1.165) is 0 Å². The SMILES string of the molecule is CCOc1nc(-c2ncccn2)nc(Cl)c1Oc1ccccc1OC. The lowest BCUT2D eigenvalue weighted by molar-refractivity contribution is 0.303. The summed E-state index contributed by atoms with van der Waals surface area (Å²) in [6, 6.07) is 8.88. The molecule has 2 aromatic heterocycles. The highest BCUT2D eigenvalue weighted by Crippen LogP contribution is 2.40. The van der Waals surface area contributed by atoms with E-state index >= 15 is 0 Å². The van der Waals surface area contributed by atoms with Crippen molar-refractivity contribution < 1.29 is 14.2 Å². The standard InChI is InChI=1S/C17H15ClN4O3/c1-3-24-17-13(25-12-8-5-4-7-11(12)23-2)14(18)21-16(22-17)15-19-9-6-10-20-15/h4-10H,3H2,1-2H3. The third-order valence-electron chi connectivity index (χ3n) is 3.12. The average molecular weight is 359 g/mol. The fourth-order valence-corrected chi connectivity index (χ4v) is 2.25. The van der Waals surface area contributed by atoms with Gasteiger partial charge < -0.3 is 14.2 Å². The molecule has 0 fully saturated rings. The lowest BCUT2D eigenvalue weighted by atomic mass is 10.3. The number of benzene rings is 1. The molecular weight excluding hydrogens is 344 g/mol. The summed E-state index contributed by atoms with van der Waals surface area (Å²) >= 11 is 6.31. The van der Waals surface area contributed by atoms with E-state index in [1.807, 2.05) is 19.1 Å². The van der Waals surface area contributed by atoms with Gasteiger partial charge in [0.05, 0.1) is 13.7 Å². The highest BCUT2D eigenvalue weighted by Gasteiger charge is 2.20. The van der Waals surface area contributed by atoms with Gasteiger partial charge >= 0.3 is 0 Å². The van der Waals surface area contributed by atoms with E-state index in [0.29, 0.717) is 23.9 Å². The summed E-state index contributed by atoms with van der Waals surface area (Å²) < 4.78 is 16.7. The fourth-order valence-electron chi connectivity index (χ4n) is 2.05. The monoisotopic (exact) mass is 358 g/mol. The molecule has 0 saturated carbocycles. The van der Waals surface area contributed by atoms with Crippen LogP contribution in [-0.2, 0) is 0 Å². The molecule has 0 saturated heterocycles. The van der Waals surface area contributed by atoms with Gasteiger partial charge in [-0.25, -0.2) is 15.0 Å². The minimum atomic E-state index is 0.0896. The zero-order chi connectivity index (χ0) is 17.6. The van der Waals surface area contributed by atoms with E-state index < -0.39 is 0 Å². The Morgan fingerprint density at radius 3 is 2.36 bits per heavy atom. The smallest absolute Gasteiger partial charge is 0.263 e. The molecule has 0 bridgehead atoms. The lowest BCUT2D eigenvalue weighted by Gasteiger charge is -2.14. The topological polar surface area (TPSA) is 79.3 Å².